The fourth-order valence-corrected chi connectivity index (χ4v) is 0. The third kappa shape index (κ3) is 70.5. The van der Waals surface area contributed by atoms with Gasteiger partial charge in [0.25, 0.3) is 0 Å². The number of hydrogen-bond donors (Lipinski definition) is 0. The molecule has 0 aliphatic rings. The van der Waals surface area contributed by atoms with Crippen molar-refractivity contribution in [3.63, 3.8) is 0 Å². The van der Waals surface area contributed by atoms with E-state index in [1.54, 1.807) is 6.92 Å². The van der Waals surface area contributed by atoms with Crippen LogP contribution in [-0.4, -0.2) is 0 Å². The standard InChI is InChI=1S/C2H5.CH4.2CH3.Y/c1-2;;;;/h1H2,2H3;1H4;2*1H3;/q-1;;2*-1;+3. The average Bonchev–Trinajstić information content (AvgIpc) is 1.00. The summed E-state index contributed by atoms with van der Waals surface area (Å²) >= 11 is 0. The van der Waals surface area contributed by atoms with Crippen molar-refractivity contribution < 1.29 is 32.7 Å². The van der Waals surface area contributed by atoms with Crippen LogP contribution in [0.25, 0.3) is 0 Å². The van der Waals surface area contributed by atoms with Crippen LogP contribution in [0.1, 0.15) is 14.4 Å². The zero-order valence-corrected chi connectivity index (χ0v) is 7.12. The van der Waals surface area contributed by atoms with Crippen LogP contribution in [0.2, 0.25) is 0 Å². The molecule has 1 heteroatoms. The van der Waals surface area contributed by atoms with Crippen molar-refractivity contribution in [1.29, 1.82) is 0 Å². The molecule has 0 aromatic rings. The second kappa shape index (κ2) is 130. The van der Waals surface area contributed by atoms with Gasteiger partial charge in [-0.25, -0.2) is 0 Å². The average molecular weight is 164 g/mol. The Morgan fingerprint density at radius 1 is 1.00 bits per heavy atom. The smallest absolute Gasteiger partial charge is 0.358 e. The third-order valence-corrected chi connectivity index (χ3v) is 0. The van der Waals surface area contributed by atoms with Crippen LogP contribution in [-0.2, 0) is 32.7 Å². The van der Waals surface area contributed by atoms with Crippen molar-refractivity contribution in [2.75, 3.05) is 0 Å². The summed E-state index contributed by atoms with van der Waals surface area (Å²) in [6.45, 7) is 5.00. The maximum Gasteiger partial charge on any atom is 3.00 e. The van der Waals surface area contributed by atoms with Crippen LogP contribution < -0.4 is 0 Å². The summed E-state index contributed by atoms with van der Waals surface area (Å²) in [7, 11) is 0. The van der Waals surface area contributed by atoms with E-state index in [-0.39, 0.29) is 55.0 Å². The van der Waals surface area contributed by atoms with Crippen LogP contribution in [0.4, 0.5) is 0 Å². The molecule has 0 nitrogen and oxygen atoms in total. The first kappa shape index (κ1) is 59.8. The minimum Gasteiger partial charge on any atom is -0.358 e. The first-order chi connectivity index (χ1) is 1.00. The van der Waals surface area contributed by atoms with Gasteiger partial charge in [0, 0.05) is 0 Å². The molecule has 38 valence electrons. The van der Waals surface area contributed by atoms with Crippen LogP contribution >= 0.6 is 0 Å². The molecule has 0 saturated heterocycles. The van der Waals surface area contributed by atoms with Gasteiger partial charge in [-0.3, -0.25) is 0 Å². The first-order valence-corrected chi connectivity index (χ1v) is 0.707. The van der Waals surface area contributed by atoms with E-state index in [0.29, 0.717) is 0 Å². The molecule has 0 radical (unpaired) electrons. The summed E-state index contributed by atoms with van der Waals surface area (Å²) in [6.07, 6.45) is 0. The van der Waals surface area contributed by atoms with Gasteiger partial charge in [0.05, 0.1) is 0 Å². The second-order valence-corrected chi connectivity index (χ2v) is 0. The van der Waals surface area contributed by atoms with Gasteiger partial charge in [0.2, 0.25) is 0 Å². The van der Waals surface area contributed by atoms with E-state index in [9.17, 15) is 0 Å². The Balaban J connectivity index is -0.000000000833. The monoisotopic (exact) mass is 164 g/mol. The molecule has 0 N–H and O–H groups in total. The Labute approximate surface area is 68.6 Å². The van der Waals surface area contributed by atoms with Gasteiger partial charge in [-0.15, -0.1) is 0 Å². The molecule has 0 spiro atoms. The van der Waals surface area contributed by atoms with Gasteiger partial charge in [-0.2, -0.15) is 6.92 Å². The van der Waals surface area contributed by atoms with E-state index in [1.165, 1.54) is 0 Å². The molecule has 0 bridgehead atoms. The number of hydrogen-bond acceptors (Lipinski definition) is 0. The quantitative estimate of drug-likeness (QED) is 0.482. The molecule has 0 heterocycles. The van der Waals surface area contributed by atoms with Gasteiger partial charge in [-0.05, 0) is 0 Å². The molecule has 0 unspecified atom stereocenters. The fourth-order valence-electron chi connectivity index (χ4n) is 0. The molecule has 0 rings (SSSR count). The summed E-state index contributed by atoms with van der Waals surface area (Å²) in [4.78, 5) is 0. The molecule has 0 amide bonds. The Morgan fingerprint density at radius 2 is 1.00 bits per heavy atom. The SMILES string of the molecule is C.[CH2-]C.[CH3-].[CH3-].[Y+3]. The van der Waals surface area contributed by atoms with Crippen molar-refractivity contribution in [3.8, 4) is 0 Å². The van der Waals surface area contributed by atoms with E-state index in [4.69, 9.17) is 0 Å². The predicted octanol–water partition coefficient (Wildman–Crippen LogP) is 2.37. The molecular weight excluding hydrogens is 149 g/mol. The molecule has 0 fully saturated rings. The minimum absolute atomic E-state index is 0. The molecule has 0 aromatic carbocycles. The number of rotatable bonds is 0. The van der Waals surface area contributed by atoms with Crippen molar-refractivity contribution in [1.82, 2.24) is 0 Å². The summed E-state index contributed by atoms with van der Waals surface area (Å²) in [5.41, 5.74) is 0. The van der Waals surface area contributed by atoms with Crippen molar-refractivity contribution >= 4 is 0 Å². The largest absolute Gasteiger partial charge is 3.00 e. The van der Waals surface area contributed by atoms with E-state index < -0.39 is 0 Å². The molecular formula is C5H15Y. The van der Waals surface area contributed by atoms with Crippen LogP contribution in [0.15, 0.2) is 0 Å². The van der Waals surface area contributed by atoms with Gasteiger partial charge >= 0.3 is 32.7 Å². The van der Waals surface area contributed by atoms with E-state index in [1.807, 2.05) is 0 Å². The topological polar surface area (TPSA) is 0 Å². The van der Waals surface area contributed by atoms with Gasteiger partial charge in [-0.1, -0.05) is 7.43 Å². The molecule has 0 aliphatic carbocycles. The fraction of sp³-hybridized carbons (Fsp3) is 0.400. The van der Waals surface area contributed by atoms with E-state index in [0.717, 1.165) is 0 Å². The molecule has 0 aromatic heterocycles. The van der Waals surface area contributed by atoms with Crippen LogP contribution in [0, 0.1) is 21.8 Å². The molecule has 0 saturated carbocycles. The summed E-state index contributed by atoms with van der Waals surface area (Å²) in [6, 6.07) is 0. The zero-order chi connectivity index (χ0) is 2.00. The molecule has 0 atom stereocenters. The molecule has 0 aliphatic heterocycles. The van der Waals surface area contributed by atoms with Crippen molar-refractivity contribution in [2.45, 2.75) is 14.4 Å². The van der Waals surface area contributed by atoms with Gasteiger partial charge < -0.3 is 21.8 Å². The van der Waals surface area contributed by atoms with Crippen molar-refractivity contribution in [3.05, 3.63) is 21.8 Å². The van der Waals surface area contributed by atoms with Crippen LogP contribution in [0.3, 0.4) is 0 Å². The summed E-state index contributed by atoms with van der Waals surface area (Å²) < 4.78 is 0. The third-order valence-electron chi connectivity index (χ3n) is 0. The Kier molecular flexibility index (Phi) is 1300. The minimum atomic E-state index is 0. The van der Waals surface area contributed by atoms with E-state index in [2.05, 4.69) is 6.92 Å². The van der Waals surface area contributed by atoms with Gasteiger partial charge in [0.1, 0.15) is 0 Å². The maximum absolute atomic E-state index is 3.25. The Hall–Kier alpha value is 1.10. The van der Waals surface area contributed by atoms with Crippen LogP contribution in [0.5, 0.6) is 0 Å². The zero-order valence-electron chi connectivity index (χ0n) is 4.28. The van der Waals surface area contributed by atoms with Gasteiger partial charge in [0.15, 0.2) is 0 Å². The van der Waals surface area contributed by atoms with E-state index >= 15 is 0 Å². The maximum atomic E-state index is 3.25. The molecule has 6 heavy (non-hydrogen) atoms. The second-order valence-electron chi connectivity index (χ2n) is 0. The van der Waals surface area contributed by atoms with Crippen molar-refractivity contribution in [2.24, 2.45) is 0 Å². The first-order valence-electron chi connectivity index (χ1n) is 0.707. The summed E-state index contributed by atoms with van der Waals surface area (Å²) in [5.74, 6) is 0. The summed E-state index contributed by atoms with van der Waals surface area (Å²) in [5, 5.41) is 0. The normalized spacial score (nSPS) is 1.00. The Bertz CT molecular complexity index is 3.90. The Morgan fingerprint density at radius 3 is 1.00 bits per heavy atom. The predicted molar refractivity (Wildman–Crippen MR) is 30.6 cm³/mol.